The molecule has 182 valence electrons. The number of aliphatic imine (C=N–C) groups is 2. The number of hydrogen-bond donors (Lipinski definition) is 6. The molecule has 0 fully saturated rings. The van der Waals surface area contributed by atoms with Crippen LogP contribution in [0.1, 0.15) is 34.3 Å². The monoisotopic (exact) mass is 484 g/mol. The maximum Gasteiger partial charge on any atom is 0.166 e. The van der Waals surface area contributed by atoms with E-state index in [-0.39, 0.29) is 22.6 Å². The lowest BCUT2D eigenvalue weighted by molar-refractivity contribution is 0.395. The second-order valence-corrected chi connectivity index (χ2v) is 8.07. The van der Waals surface area contributed by atoms with Crippen molar-refractivity contribution in [2.75, 3.05) is 0 Å². The standard InChI is InChI=1S/C28H24N2O6/c31-21-11-19(27(35)23(33)13-21)15-29-25(17-7-3-1-4-8-17)26(18-9-5-2-6-10-18)30-16-20-12-22(32)14-24(34)28(20)36/h1-16,25-26,31-36H/t25-,26-/m1/s1. The smallest absolute Gasteiger partial charge is 0.166 e. The zero-order chi connectivity index (χ0) is 25.7. The first-order chi connectivity index (χ1) is 17.3. The van der Waals surface area contributed by atoms with Crippen molar-refractivity contribution in [3.63, 3.8) is 0 Å². The fourth-order valence-corrected chi connectivity index (χ4v) is 3.77. The molecule has 0 aromatic heterocycles. The summed E-state index contributed by atoms with van der Waals surface area (Å²) in [6.45, 7) is 0. The third-order valence-corrected chi connectivity index (χ3v) is 5.54. The number of rotatable bonds is 7. The zero-order valence-corrected chi connectivity index (χ0v) is 19.0. The van der Waals surface area contributed by atoms with Crippen LogP contribution in [0, 0.1) is 0 Å². The molecule has 0 aliphatic rings. The molecule has 8 heteroatoms. The molecule has 0 spiro atoms. The van der Waals surface area contributed by atoms with Gasteiger partial charge in [0.15, 0.2) is 23.0 Å². The normalized spacial score (nSPS) is 13.2. The van der Waals surface area contributed by atoms with Gasteiger partial charge in [0.2, 0.25) is 0 Å². The van der Waals surface area contributed by atoms with Gasteiger partial charge in [0.25, 0.3) is 0 Å². The van der Waals surface area contributed by atoms with Crippen LogP contribution < -0.4 is 0 Å². The molecule has 0 aliphatic heterocycles. The van der Waals surface area contributed by atoms with E-state index >= 15 is 0 Å². The predicted molar refractivity (Wildman–Crippen MR) is 136 cm³/mol. The maximum atomic E-state index is 10.2. The number of phenolic OH excluding ortho intramolecular Hbond substituents is 6. The summed E-state index contributed by atoms with van der Waals surface area (Å²) in [6.07, 6.45) is 2.69. The van der Waals surface area contributed by atoms with Gasteiger partial charge in [-0.3, -0.25) is 9.98 Å². The van der Waals surface area contributed by atoms with Crippen LogP contribution in [0.2, 0.25) is 0 Å². The summed E-state index contributed by atoms with van der Waals surface area (Å²) in [5.41, 5.74) is 1.79. The summed E-state index contributed by atoms with van der Waals surface area (Å²) < 4.78 is 0. The third-order valence-electron chi connectivity index (χ3n) is 5.54. The van der Waals surface area contributed by atoms with Crippen LogP contribution >= 0.6 is 0 Å². The number of benzene rings is 4. The van der Waals surface area contributed by atoms with Gasteiger partial charge in [0, 0.05) is 35.7 Å². The average Bonchev–Trinajstić information content (AvgIpc) is 2.87. The highest BCUT2D eigenvalue weighted by molar-refractivity contribution is 5.87. The van der Waals surface area contributed by atoms with Crippen molar-refractivity contribution < 1.29 is 30.6 Å². The first-order valence-corrected chi connectivity index (χ1v) is 11.0. The van der Waals surface area contributed by atoms with Crippen LogP contribution in [0.5, 0.6) is 34.5 Å². The van der Waals surface area contributed by atoms with Crippen LogP contribution in [0.15, 0.2) is 94.9 Å². The van der Waals surface area contributed by atoms with Gasteiger partial charge in [0.1, 0.15) is 23.6 Å². The Kier molecular flexibility index (Phi) is 7.06. The molecule has 0 bridgehead atoms. The summed E-state index contributed by atoms with van der Waals surface area (Å²) in [5, 5.41) is 59.9. The van der Waals surface area contributed by atoms with Crippen molar-refractivity contribution in [3.8, 4) is 34.5 Å². The van der Waals surface area contributed by atoms with Crippen LogP contribution in [0.4, 0.5) is 0 Å². The molecule has 4 aromatic rings. The van der Waals surface area contributed by atoms with E-state index in [0.29, 0.717) is 0 Å². The largest absolute Gasteiger partial charge is 0.508 e. The number of aromatic hydroxyl groups is 6. The minimum absolute atomic E-state index is 0.111. The van der Waals surface area contributed by atoms with Gasteiger partial charge in [-0.05, 0) is 23.3 Å². The van der Waals surface area contributed by atoms with E-state index in [9.17, 15) is 30.6 Å². The summed E-state index contributed by atoms with van der Waals surface area (Å²) in [4.78, 5) is 9.34. The molecule has 0 radical (unpaired) electrons. The Bertz CT molecular complexity index is 1300. The molecule has 6 N–H and O–H groups in total. The number of phenols is 6. The Morgan fingerprint density at radius 3 is 1.22 bits per heavy atom. The van der Waals surface area contributed by atoms with E-state index in [2.05, 4.69) is 9.98 Å². The van der Waals surface area contributed by atoms with Crippen LogP contribution in [0.25, 0.3) is 0 Å². The van der Waals surface area contributed by atoms with Gasteiger partial charge in [-0.1, -0.05) is 60.7 Å². The van der Waals surface area contributed by atoms with Crippen molar-refractivity contribution in [2.45, 2.75) is 12.1 Å². The molecular formula is C28H24N2O6. The molecule has 4 aromatic carbocycles. The van der Waals surface area contributed by atoms with Gasteiger partial charge in [0.05, 0.1) is 0 Å². The second-order valence-electron chi connectivity index (χ2n) is 8.07. The maximum absolute atomic E-state index is 10.2. The minimum Gasteiger partial charge on any atom is -0.508 e. The molecule has 0 saturated heterocycles. The fraction of sp³-hybridized carbons (Fsp3) is 0.0714. The van der Waals surface area contributed by atoms with Crippen molar-refractivity contribution in [1.82, 2.24) is 0 Å². The lowest BCUT2D eigenvalue weighted by atomic mass is 9.94. The Labute approximate surface area is 207 Å². The highest BCUT2D eigenvalue weighted by Gasteiger charge is 2.24. The SMILES string of the molecule is Oc1cc(O)c(O)c(C=N[C@H](c2ccccc2)[C@H](N=Cc2cc(O)cc(O)c2O)c2ccccc2)c1. The molecule has 36 heavy (non-hydrogen) atoms. The van der Waals surface area contributed by atoms with E-state index in [0.717, 1.165) is 23.3 Å². The fourth-order valence-electron chi connectivity index (χ4n) is 3.77. The number of nitrogens with zero attached hydrogens (tertiary/aromatic N) is 2. The molecule has 8 nitrogen and oxygen atoms in total. The highest BCUT2D eigenvalue weighted by Crippen LogP contribution is 2.38. The second kappa shape index (κ2) is 10.5. The summed E-state index contributed by atoms with van der Waals surface area (Å²) in [5.74, 6) is -2.29. The topological polar surface area (TPSA) is 146 Å². The minimum atomic E-state index is -0.637. The molecule has 0 unspecified atom stereocenters. The van der Waals surface area contributed by atoms with Crippen LogP contribution in [-0.4, -0.2) is 43.1 Å². The van der Waals surface area contributed by atoms with Crippen LogP contribution in [-0.2, 0) is 0 Å². The average molecular weight is 485 g/mol. The van der Waals surface area contributed by atoms with Gasteiger partial charge < -0.3 is 30.6 Å². The molecule has 2 atom stereocenters. The lowest BCUT2D eigenvalue weighted by Gasteiger charge is -2.22. The Hall–Kier alpha value is -4.98. The summed E-state index contributed by atoms with van der Waals surface area (Å²) in [6, 6.07) is 21.9. The van der Waals surface area contributed by atoms with Gasteiger partial charge in [-0.2, -0.15) is 0 Å². The molecule has 0 amide bonds. The molecular weight excluding hydrogens is 460 g/mol. The predicted octanol–water partition coefficient (Wildman–Crippen LogP) is 4.94. The Morgan fingerprint density at radius 2 is 0.861 bits per heavy atom. The van der Waals surface area contributed by atoms with Gasteiger partial charge in [-0.25, -0.2) is 0 Å². The third kappa shape index (κ3) is 5.39. The van der Waals surface area contributed by atoms with Crippen molar-refractivity contribution in [2.24, 2.45) is 9.98 Å². The quantitative estimate of drug-likeness (QED) is 0.124. The lowest BCUT2D eigenvalue weighted by Crippen LogP contribution is -2.09. The van der Waals surface area contributed by atoms with Crippen molar-refractivity contribution >= 4 is 12.4 Å². The molecule has 0 heterocycles. The molecule has 0 saturated carbocycles. The van der Waals surface area contributed by atoms with Gasteiger partial charge >= 0.3 is 0 Å². The molecule has 0 aliphatic carbocycles. The molecule has 4 rings (SSSR count). The highest BCUT2D eigenvalue weighted by atomic mass is 16.3. The van der Waals surface area contributed by atoms with E-state index < -0.39 is 35.1 Å². The van der Waals surface area contributed by atoms with E-state index in [4.69, 9.17) is 0 Å². The summed E-state index contributed by atoms with van der Waals surface area (Å²) in [7, 11) is 0. The summed E-state index contributed by atoms with van der Waals surface area (Å²) >= 11 is 0. The van der Waals surface area contributed by atoms with E-state index in [1.165, 1.54) is 24.6 Å². The zero-order valence-electron chi connectivity index (χ0n) is 19.0. The first-order valence-electron chi connectivity index (χ1n) is 11.0. The van der Waals surface area contributed by atoms with E-state index in [1.54, 1.807) is 0 Å². The van der Waals surface area contributed by atoms with Crippen LogP contribution in [0.3, 0.4) is 0 Å². The van der Waals surface area contributed by atoms with E-state index in [1.807, 2.05) is 60.7 Å². The van der Waals surface area contributed by atoms with Gasteiger partial charge in [-0.15, -0.1) is 0 Å². The van der Waals surface area contributed by atoms with Crippen molar-refractivity contribution in [1.29, 1.82) is 0 Å². The first kappa shape index (κ1) is 24.2. The Morgan fingerprint density at radius 1 is 0.500 bits per heavy atom. The number of hydrogen-bond acceptors (Lipinski definition) is 8. The van der Waals surface area contributed by atoms with Crippen molar-refractivity contribution in [3.05, 3.63) is 107 Å². The Balaban J connectivity index is 1.84.